The van der Waals surface area contributed by atoms with Gasteiger partial charge in [0, 0.05) is 35.7 Å². The molecular formula is C29H30F5N3O3S. The number of pyridine rings is 1. The predicted molar refractivity (Wildman–Crippen MR) is 145 cm³/mol. The van der Waals surface area contributed by atoms with Gasteiger partial charge in [0.05, 0.1) is 46.1 Å². The molecule has 0 bridgehead atoms. The Morgan fingerprint density at radius 3 is 2.37 bits per heavy atom. The number of rotatable bonds is 10. The van der Waals surface area contributed by atoms with Gasteiger partial charge in [0.15, 0.2) is 0 Å². The van der Waals surface area contributed by atoms with E-state index in [0.29, 0.717) is 47.0 Å². The molecule has 6 nitrogen and oxygen atoms in total. The molecule has 12 heteroatoms. The van der Waals surface area contributed by atoms with Crippen LogP contribution in [0.15, 0.2) is 71.8 Å². The Bertz CT molecular complexity index is 1320. The lowest BCUT2D eigenvalue weighted by Crippen LogP contribution is -2.45. The number of alkyl halides is 5. The number of nitrogens with one attached hydrogen (secondary N) is 1. The van der Waals surface area contributed by atoms with Crippen molar-refractivity contribution in [3.63, 3.8) is 0 Å². The zero-order valence-corrected chi connectivity index (χ0v) is 23.1. The van der Waals surface area contributed by atoms with Crippen LogP contribution in [0.5, 0.6) is 0 Å². The molecule has 0 aliphatic carbocycles. The molecule has 1 aliphatic rings. The van der Waals surface area contributed by atoms with Crippen LogP contribution in [0.1, 0.15) is 52.9 Å². The van der Waals surface area contributed by atoms with Crippen LogP contribution in [0.2, 0.25) is 0 Å². The van der Waals surface area contributed by atoms with E-state index >= 15 is 0 Å². The summed E-state index contributed by atoms with van der Waals surface area (Å²) >= 11 is 0. The number of hydrogen-bond acceptors (Lipinski definition) is 5. The summed E-state index contributed by atoms with van der Waals surface area (Å²) in [5.41, 5.74) is 1.68. The van der Waals surface area contributed by atoms with E-state index in [9.17, 15) is 31.0 Å². The summed E-state index contributed by atoms with van der Waals surface area (Å²) in [7, 11) is -1.11. The molecule has 1 fully saturated rings. The number of piperidine rings is 1. The Morgan fingerprint density at radius 2 is 1.78 bits per heavy atom. The summed E-state index contributed by atoms with van der Waals surface area (Å²) in [5.74, 6) is 0.0380. The summed E-state index contributed by atoms with van der Waals surface area (Å²) in [6, 6.07) is 14.7. The number of carbonyl (C=O) groups is 1. The van der Waals surface area contributed by atoms with E-state index in [1.54, 1.807) is 36.4 Å². The number of anilines is 1. The molecule has 41 heavy (non-hydrogen) atoms. The molecule has 0 saturated carbocycles. The van der Waals surface area contributed by atoms with Crippen molar-refractivity contribution < 1.29 is 35.7 Å². The normalized spacial score (nSPS) is 18.4. The number of carbonyl (C=O) groups excluding carboxylic acids is 1. The van der Waals surface area contributed by atoms with Crippen molar-refractivity contribution in [2.24, 2.45) is 0 Å². The van der Waals surface area contributed by atoms with E-state index in [0.717, 1.165) is 17.7 Å². The van der Waals surface area contributed by atoms with Gasteiger partial charge < -0.3 is 15.0 Å². The van der Waals surface area contributed by atoms with Gasteiger partial charge in [-0.05, 0) is 66.9 Å². The fraction of sp³-hybridized carbons (Fsp3) is 0.379. The fourth-order valence-electron chi connectivity index (χ4n) is 4.81. The molecule has 1 saturated heterocycles. The third kappa shape index (κ3) is 8.10. The van der Waals surface area contributed by atoms with Crippen LogP contribution in [0.3, 0.4) is 0 Å². The van der Waals surface area contributed by atoms with Gasteiger partial charge in [0.1, 0.15) is 0 Å². The minimum absolute atomic E-state index is 0.114. The molecule has 0 radical (unpaired) electrons. The number of ether oxygens (including phenoxy) is 1. The Labute approximate surface area is 237 Å². The summed E-state index contributed by atoms with van der Waals surface area (Å²) in [4.78, 5) is 19.5. The third-order valence-corrected chi connectivity index (χ3v) is 8.34. The zero-order chi connectivity index (χ0) is 29.6. The van der Waals surface area contributed by atoms with Crippen molar-refractivity contribution in [3.05, 3.63) is 89.2 Å². The highest BCUT2D eigenvalue weighted by atomic mass is 32.2. The Hall–Kier alpha value is -3.38. The van der Waals surface area contributed by atoms with Crippen molar-refractivity contribution in [1.29, 1.82) is 0 Å². The van der Waals surface area contributed by atoms with Gasteiger partial charge in [0.25, 0.3) is 5.91 Å². The number of aromatic nitrogens is 1. The lowest BCUT2D eigenvalue weighted by atomic mass is 9.86. The number of benzene rings is 2. The SMILES string of the molecule is CCS(=O)c1ccc(CNC(=O)c2ccc(N3CC(c4ccc(C(F)(F)F)cc4)CC[C@H]3COC(F)F)cc2)nc1. The highest BCUT2D eigenvalue weighted by molar-refractivity contribution is 7.85. The van der Waals surface area contributed by atoms with Gasteiger partial charge in [-0.25, -0.2) is 0 Å². The summed E-state index contributed by atoms with van der Waals surface area (Å²) in [5, 5.41) is 2.79. The second-order valence-electron chi connectivity index (χ2n) is 9.64. The van der Waals surface area contributed by atoms with Gasteiger partial charge in [0.2, 0.25) is 0 Å². The van der Waals surface area contributed by atoms with Crippen LogP contribution in [-0.4, -0.2) is 46.7 Å². The van der Waals surface area contributed by atoms with Crippen molar-refractivity contribution in [1.82, 2.24) is 10.3 Å². The van der Waals surface area contributed by atoms with Gasteiger partial charge >= 0.3 is 12.8 Å². The summed E-state index contributed by atoms with van der Waals surface area (Å²) in [6.07, 6.45) is -1.80. The zero-order valence-electron chi connectivity index (χ0n) is 22.2. The smallest absolute Gasteiger partial charge is 0.366 e. The molecule has 1 aromatic heterocycles. The highest BCUT2D eigenvalue weighted by Gasteiger charge is 2.33. The fourth-order valence-corrected chi connectivity index (χ4v) is 5.53. The summed E-state index contributed by atoms with van der Waals surface area (Å²) in [6.45, 7) is -0.755. The first-order chi connectivity index (χ1) is 19.5. The molecule has 1 aliphatic heterocycles. The first-order valence-corrected chi connectivity index (χ1v) is 14.4. The van der Waals surface area contributed by atoms with Crippen molar-refractivity contribution in [2.75, 3.05) is 23.8 Å². The topological polar surface area (TPSA) is 71.5 Å². The minimum atomic E-state index is -4.43. The molecule has 3 atom stereocenters. The Morgan fingerprint density at radius 1 is 1.07 bits per heavy atom. The third-order valence-electron chi connectivity index (χ3n) is 7.04. The maximum atomic E-state index is 13.0. The molecule has 0 spiro atoms. The van der Waals surface area contributed by atoms with Gasteiger partial charge in [-0.3, -0.25) is 14.0 Å². The quantitative estimate of drug-likeness (QED) is 0.285. The predicted octanol–water partition coefficient (Wildman–Crippen LogP) is 6.15. The second kappa shape index (κ2) is 13.5. The average molecular weight is 596 g/mol. The van der Waals surface area contributed by atoms with Gasteiger partial charge in [-0.15, -0.1) is 0 Å². The number of hydrogen-bond donors (Lipinski definition) is 1. The van der Waals surface area contributed by atoms with E-state index in [1.165, 1.54) is 18.3 Å². The molecule has 2 heterocycles. The first-order valence-electron chi connectivity index (χ1n) is 13.1. The number of halogens is 5. The van der Waals surface area contributed by atoms with E-state index in [2.05, 4.69) is 15.0 Å². The van der Waals surface area contributed by atoms with Crippen molar-refractivity contribution in [3.8, 4) is 0 Å². The summed E-state index contributed by atoms with van der Waals surface area (Å²) < 4.78 is 81.1. The van der Waals surface area contributed by atoms with Crippen LogP contribution < -0.4 is 10.2 Å². The van der Waals surface area contributed by atoms with Crippen LogP contribution in [0.4, 0.5) is 27.6 Å². The van der Waals surface area contributed by atoms with E-state index in [-0.39, 0.29) is 31.0 Å². The first kappa shape index (κ1) is 30.6. The van der Waals surface area contributed by atoms with Crippen LogP contribution >= 0.6 is 0 Å². The second-order valence-corrected chi connectivity index (χ2v) is 11.4. The molecule has 2 aromatic carbocycles. The molecule has 1 amide bonds. The van der Waals surface area contributed by atoms with Gasteiger partial charge in [-0.1, -0.05) is 19.1 Å². The van der Waals surface area contributed by atoms with Crippen molar-refractivity contribution >= 4 is 22.4 Å². The van der Waals surface area contributed by atoms with Crippen LogP contribution in [0.25, 0.3) is 0 Å². The molecule has 3 aromatic rings. The lowest BCUT2D eigenvalue weighted by Gasteiger charge is -2.41. The maximum Gasteiger partial charge on any atom is 0.416 e. The highest BCUT2D eigenvalue weighted by Crippen LogP contribution is 2.36. The Balaban J connectivity index is 1.44. The largest absolute Gasteiger partial charge is 0.416 e. The minimum Gasteiger partial charge on any atom is -0.366 e. The number of amides is 1. The molecule has 4 rings (SSSR count). The Kier molecular flexibility index (Phi) is 10.1. The maximum absolute atomic E-state index is 13.0. The standard InChI is InChI=1S/C29H30F5N3O3S/c1-2-41(39)26-14-10-23(35-16-26)15-36-27(38)20-5-11-24(12-6-20)37-17-21(7-13-25(37)18-40-28(30)31)19-3-8-22(9-4-19)29(32,33)34/h3-6,8-12,14,16,21,25,28H,2,7,13,15,17-18H2,1H3,(H,36,38)/t21?,25-,41?/m0/s1. The molecule has 2 unspecified atom stereocenters. The number of nitrogens with zero attached hydrogens (tertiary/aromatic N) is 2. The molecule has 1 N–H and O–H groups in total. The lowest BCUT2D eigenvalue weighted by molar-refractivity contribution is -0.137. The van der Waals surface area contributed by atoms with Crippen molar-refractivity contribution in [2.45, 2.75) is 56.0 Å². The van der Waals surface area contributed by atoms with E-state index < -0.39 is 29.2 Å². The van der Waals surface area contributed by atoms with Crippen LogP contribution in [0, 0.1) is 0 Å². The molecule has 220 valence electrons. The van der Waals surface area contributed by atoms with E-state index in [1.807, 2.05) is 11.8 Å². The van der Waals surface area contributed by atoms with E-state index in [4.69, 9.17) is 0 Å². The average Bonchev–Trinajstić information content (AvgIpc) is 2.98. The molecular weight excluding hydrogens is 565 g/mol. The van der Waals surface area contributed by atoms with Gasteiger partial charge in [-0.2, -0.15) is 22.0 Å². The van der Waals surface area contributed by atoms with Crippen LogP contribution in [-0.2, 0) is 28.3 Å². The monoisotopic (exact) mass is 595 g/mol.